The van der Waals surface area contributed by atoms with Gasteiger partial charge >= 0.3 is 0 Å². The summed E-state index contributed by atoms with van der Waals surface area (Å²) in [6, 6.07) is 6.72. The van der Waals surface area contributed by atoms with Crippen LogP contribution in [0.2, 0.25) is 0 Å². The summed E-state index contributed by atoms with van der Waals surface area (Å²) in [7, 11) is 2.13. The second-order valence-electron chi connectivity index (χ2n) is 5.89. The predicted molar refractivity (Wildman–Crippen MR) is 75.4 cm³/mol. The first kappa shape index (κ1) is 14.2. The Kier molecular flexibility index (Phi) is 4.72. The van der Waals surface area contributed by atoms with Gasteiger partial charge in [-0.2, -0.15) is 0 Å². The molecule has 0 aliphatic heterocycles. The normalized spacial score (nSPS) is 12.2. The number of nitrogens with zero attached hydrogens (tertiary/aromatic N) is 1. The maximum Gasteiger partial charge on any atom is 0.0225 e. The zero-order valence-corrected chi connectivity index (χ0v) is 11.9. The molecule has 96 valence electrons. The third kappa shape index (κ3) is 5.33. The van der Waals surface area contributed by atoms with Crippen molar-refractivity contribution in [1.82, 2.24) is 4.90 Å². The van der Waals surface area contributed by atoms with E-state index in [1.165, 1.54) is 16.7 Å². The topological polar surface area (TPSA) is 29.3 Å². The summed E-state index contributed by atoms with van der Waals surface area (Å²) in [6.45, 7) is 10.5. The van der Waals surface area contributed by atoms with Gasteiger partial charge in [0.1, 0.15) is 0 Å². The molecule has 0 saturated heterocycles. The number of nitrogens with two attached hydrogens (primary N) is 1. The minimum absolute atomic E-state index is 0.113. The molecule has 0 radical (unpaired) electrons. The lowest BCUT2D eigenvalue weighted by Crippen LogP contribution is -2.44. The quantitative estimate of drug-likeness (QED) is 0.848. The number of likely N-dealkylation sites (N-methyl/N-ethyl adjacent to an activating group) is 1. The van der Waals surface area contributed by atoms with E-state index in [9.17, 15) is 0 Å². The Morgan fingerprint density at radius 1 is 1.18 bits per heavy atom. The molecule has 1 aromatic carbocycles. The summed E-state index contributed by atoms with van der Waals surface area (Å²) in [5.74, 6) is 0. The summed E-state index contributed by atoms with van der Waals surface area (Å²) >= 11 is 0. The van der Waals surface area contributed by atoms with Crippen molar-refractivity contribution < 1.29 is 0 Å². The zero-order valence-electron chi connectivity index (χ0n) is 11.9. The van der Waals surface area contributed by atoms with E-state index in [0.29, 0.717) is 0 Å². The highest BCUT2D eigenvalue weighted by Gasteiger charge is 2.13. The maximum absolute atomic E-state index is 6.01. The van der Waals surface area contributed by atoms with Crippen LogP contribution >= 0.6 is 0 Å². The molecular weight excluding hydrogens is 208 g/mol. The summed E-state index contributed by atoms with van der Waals surface area (Å²) in [5.41, 5.74) is 10.1. The number of hydrogen-bond donors (Lipinski definition) is 1. The van der Waals surface area contributed by atoms with Crippen LogP contribution in [-0.4, -0.2) is 30.6 Å². The van der Waals surface area contributed by atoms with Gasteiger partial charge in [-0.25, -0.2) is 0 Å². The van der Waals surface area contributed by atoms with Crippen LogP contribution in [0.25, 0.3) is 0 Å². The second-order valence-corrected chi connectivity index (χ2v) is 5.89. The second kappa shape index (κ2) is 5.65. The van der Waals surface area contributed by atoms with Gasteiger partial charge in [0.2, 0.25) is 0 Å². The lowest BCUT2D eigenvalue weighted by Gasteiger charge is -2.26. The Morgan fingerprint density at radius 3 is 2.35 bits per heavy atom. The minimum Gasteiger partial charge on any atom is -0.324 e. The van der Waals surface area contributed by atoms with Gasteiger partial charge in [0.15, 0.2) is 0 Å². The molecule has 0 aromatic heterocycles. The molecule has 0 unspecified atom stereocenters. The molecule has 0 heterocycles. The van der Waals surface area contributed by atoms with Crippen LogP contribution in [0.3, 0.4) is 0 Å². The van der Waals surface area contributed by atoms with Crippen molar-refractivity contribution in [3.05, 3.63) is 34.9 Å². The third-order valence-electron chi connectivity index (χ3n) is 3.03. The summed E-state index contributed by atoms with van der Waals surface area (Å²) in [6.07, 6.45) is 1.09. The smallest absolute Gasteiger partial charge is 0.0225 e. The van der Waals surface area contributed by atoms with E-state index < -0.39 is 0 Å². The van der Waals surface area contributed by atoms with Crippen LogP contribution in [-0.2, 0) is 6.42 Å². The van der Waals surface area contributed by atoms with Gasteiger partial charge in [-0.3, -0.25) is 0 Å². The van der Waals surface area contributed by atoms with Gasteiger partial charge in [-0.05, 0) is 57.9 Å². The van der Waals surface area contributed by atoms with E-state index in [4.69, 9.17) is 5.73 Å². The molecule has 0 amide bonds. The Labute approximate surface area is 106 Å². The summed E-state index contributed by atoms with van der Waals surface area (Å²) in [5, 5.41) is 0. The molecule has 17 heavy (non-hydrogen) atoms. The van der Waals surface area contributed by atoms with Gasteiger partial charge in [-0.15, -0.1) is 0 Å². The van der Waals surface area contributed by atoms with Crippen LogP contribution in [0.5, 0.6) is 0 Å². The van der Waals surface area contributed by atoms with Gasteiger partial charge in [0.25, 0.3) is 0 Å². The van der Waals surface area contributed by atoms with Crippen LogP contribution in [0.15, 0.2) is 18.2 Å². The Hall–Kier alpha value is -0.860. The summed E-state index contributed by atoms with van der Waals surface area (Å²) < 4.78 is 0. The Bertz CT molecular complexity index is 364. The first-order chi connectivity index (χ1) is 7.78. The van der Waals surface area contributed by atoms with Crippen LogP contribution < -0.4 is 5.73 Å². The van der Waals surface area contributed by atoms with E-state index in [0.717, 1.165) is 19.5 Å². The molecule has 2 nitrogen and oxygen atoms in total. The van der Waals surface area contributed by atoms with Crippen molar-refractivity contribution in [2.75, 3.05) is 20.1 Å². The molecule has 0 saturated carbocycles. The van der Waals surface area contributed by atoms with E-state index in [2.05, 4.69) is 57.8 Å². The fourth-order valence-electron chi connectivity index (χ4n) is 2.05. The Balaban J connectivity index is 2.47. The number of rotatable bonds is 5. The molecule has 0 aliphatic rings. The molecular formula is C15H26N2. The zero-order chi connectivity index (χ0) is 13.1. The Morgan fingerprint density at radius 2 is 1.82 bits per heavy atom. The standard InChI is InChI=1S/C15H26N2/c1-12-6-7-14(10-13(12)2)8-9-17(5)11-15(3,4)16/h6-7,10H,8-9,11,16H2,1-5H3. The molecule has 0 spiro atoms. The highest BCUT2D eigenvalue weighted by molar-refractivity contribution is 5.30. The van der Waals surface area contributed by atoms with Gasteiger partial charge in [0.05, 0.1) is 0 Å². The third-order valence-corrected chi connectivity index (χ3v) is 3.03. The van der Waals surface area contributed by atoms with Crippen molar-refractivity contribution in [1.29, 1.82) is 0 Å². The molecule has 1 aromatic rings. The maximum atomic E-state index is 6.01. The number of hydrogen-bond acceptors (Lipinski definition) is 2. The van der Waals surface area contributed by atoms with Crippen LogP contribution in [0.4, 0.5) is 0 Å². The van der Waals surface area contributed by atoms with E-state index in [-0.39, 0.29) is 5.54 Å². The fourth-order valence-corrected chi connectivity index (χ4v) is 2.05. The van der Waals surface area contributed by atoms with Crippen molar-refractivity contribution in [3.8, 4) is 0 Å². The molecule has 2 N–H and O–H groups in total. The lowest BCUT2D eigenvalue weighted by molar-refractivity contribution is 0.273. The predicted octanol–water partition coefficient (Wildman–Crippen LogP) is 2.52. The molecule has 1 rings (SSSR count). The van der Waals surface area contributed by atoms with E-state index in [1.54, 1.807) is 0 Å². The highest BCUT2D eigenvalue weighted by atomic mass is 15.1. The molecule has 2 heteroatoms. The number of benzene rings is 1. The van der Waals surface area contributed by atoms with Crippen LogP contribution in [0.1, 0.15) is 30.5 Å². The average Bonchev–Trinajstić information content (AvgIpc) is 2.17. The first-order valence-corrected chi connectivity index (χ1v) is 6.31. The first-order valence-electron chi connectivity index (χ1n) is 6.31. The van der Waals surface area contributed by atoms with Crippen molar-refractivity contribution in [2.45, 2.75) is 39.7 Å². The van der Waals surface area contributed by atoms with Crippen molar-refractivity contribution >= 4 is 0 Å². The largest absolute Gasteiger partial charge is 0.324 e. The van der Waals surface area contributed by atoms with E-state index >= 15 is 0 Å². The van der Waals surface area contributed by atoms with Gasteiger partial charge in [0, 0.05) is 18.6 Å². The van der Waals surface area contributed by atoms with Crippen LogP contribution in [0, 0.1) is 13.8 Å². The van der Waals surface area contributed by atoms with Crippen molar-refractivity contribution in [3.63, 3.8) is 0 Å². The minimum atomic E-state index is -0.113. The highest BCUT2D eigenvalue weighted by Crippen LogP contribution is 2.11. The summed E-state index contributed by atoms with van der Waals surface area (Å²) in [4.78, 5) is 2.30. The fraction of sp³-hybridized carbons (Fsp3) is 0.600. The van der Waals surface area contributed by atoms with E-state index in [1.807, 2.05) is 0 Å². The lowest BCUT2D eigenvalue weighted by atomic mass is 10.0. The molecule has 0 aliphatic carbocycles. The van der Waals surface area contributed by atoms with Gasteiger partial charge in [-0.1, -0.05) is 18.2 Å². The van der Waals surface area contributed by atoms with Gasteiger partial charge < -0.3 is 10.6 Å². The molecule has 0 fully saturated rings. The molecule has 0 bridgehead atoms. The van der Waals surface area contributed by atoms with Crippen molar-refractivity contribution in [2.24, 2.45) is 5.73 Å². The monoisotopic (exact) mass is 234 g/mol. The molecule has 0 atom stereocenters. The SMILES string of the molecule is Cc1ccc(CCN(C)CC(C)(C)N)cc1C. The number of aryl methyl sites for hydroxylation is 2. The average molecular weight is 234 g/mol.